The van der Waals surface area contributed by atoms with E-state index in [9.17, 15) is 9.59 Å². The lowest BCUT2D eigenvalue weighted by Crippen LogP contribution is -2.10. The maximum absolute atomic E-state index is 12.8. The minimum absolute atomic E-state index is 0.0314. The number of benzene rings is 4. The molecule has 0 aliphatic heterocycles. The standard InChI is InChI=1S/C27H22O3/c1-17-15-18(2)25(24(16-17)30-27(29)21-10-5-4-6-11-21)26-22(19(3)28)14-13-20-9-7-8-12-23(20)26/h4-16H,1-3H3. The Labute approximate surface area is 175 Å². The van der Waals surface area contributed by atoms with Crippen LogP contribution in [-0.2, 0) is 0 Å². The average Bonchev–Trinajstić information content (AvgIpc) is 2.73. The lowest BCUT2D eigenvalue weighted by atomic mass is 9.88. The number of carbonyl (C=O) groups excluding carboxylic acids is 2. The van der Waals surface area contributed by atoms with Crippen molar-refractivity contribution in [1.29, 1.82) is 0 Å². The smallest absolute Gasteiger partial charge is 0.343 e. The van der Waals surface area contributed by atoms with E-state index in [1.54, 1.807) is 31.2 Å². The third-order valence-corrected chi connectivity index (χ3v) is 5.21. The first-order valence-corrected chi connectivity index (χ1v) is 9.87. The Bertz CT molecular complexity index is 1270. The van der Waals surface area contributed by atoms with Gasteiger partial charge in [0.05, 0.1) is 5.56 Å². The van der Waals surface area contributed by atoms with E-state index >= 15 is 0 Å². The lowest BCUT2D eigenvalue weighted by Gasteiger charge is -2.18. The molecule has 0 bridgehead atoms. The number of hydrogen-bond donors (Lipinski definition) is 0. The predicted molar refractivity (Wildman–Crippen MR) is 120 cm³/mol. The van der Waals surface area contributed by atoms with Gasteiger partial charge >= 0.3 is 5.97 Å². The van der Waals surface area contributed by atoms with Gasteiger partial charge in [-0.2, -0.15) is 0 Å². The van der Waals surface area contributed by atoms with E-state index in [0.29, 0.717) is 16.9 Å². The minimum atomic E-state index is -0.425. The zero-order valence-corrected chi connectivity index (χ0v) is 17.2. The summed E-state index contributed by atoms with van der Waals surface area (Å²) in [5.41, 5.74) is 4.59. The van der Waals surface area contributed by atoms with Crippen molar-refractivity contribution in [3.63, 3.8) is 0 Å². The van der Waals surface area contributed by atoms with Crippen LogP contribution in [0.2, 0.25) is 0 Å². The molecule has 3 heteroatoms. The van der Waals surface area contributed by atoms with E-state index in [4.69, 9.17) is 4.74 Å². The Morgan fingerprint density at radius 2 is 1.47 bits per heavy atom. The molecule has 4 aromatic carbocycles. The summed E-state index contributed by atoms with van der Waals surface area (Å²) in [4.78, 5) is 25.3. The van der Waals surface area contributed by atoms with Gasteiger partial charge in [0.25, 0.3) is 0 Å². The van der Waals surface area contributed by atoms with Gasteiger partial charge in [-0.3, -0.25) is 4.79 Å². The van der Waals surface area contributed by atoms with Crippen molar-refractivity contribution in [2.24, 2.45) is 0 Å². The molecule has 0 aromatic heterocycles. The van der Waals surface area contributed by atoms with Crippen LogP contribution in [0.25, 0.3) is 21.9 Å². The summed E-state index contributed by atoms with van der Waals surface area (Å²) in [5, 5.41) is 1.98. The van der Waals surface area contributed by atoms with Gasteiger partial charge in [-0.05, 0) is 60.9 Å². The van der Waals surface area contributed by atoms with Gasteiger partial charge in [0.15, 0.2) is 5.78 Å². The predicted octanol–water partition coefficient (Wildman–Crippen LogP) is 6.55. The molecule has 0 heterocycles. The highest BCUT2D eigenvalue weighted by atomic mass is 16.5. The largest absolute Gasteiger partial charge is 0.422 e. The number of esters is 1. The van der Waals surface area contributed by atoms with Crippen LogP contribution in [0, 0.1) is 13.8 Å². The quantitative estimate of drug-likeness (QED) is 0.224. The third-order valence-electron chi connectivity index (χ3n) is 5.21. The summed E-state index contributed by atoms with van der Waals surface area (Å²) in [6.45, 7) is 5.51. The van der Waals surface area contributed by atoms with Crippen molar-refractivity contribution in [3.8, 4) is 16.9 Å². The fraction of sp³-hybridized carbons (Fsp3) is 0.111. The Kier molecular flexibility index (Phi) is 5.20. The number of Topliss-reactive ketones (excluding diaryl/α,β-unsaturated/α-hetero) is 1. The van der Waals surface area contributed by atoms with E-state index in [0.717, 1.165) is 33.0 Å². The minimum Gasteiger partial charge on any atom is -0.422 e. The summed E-state index contributed by atoms with van der Waals surface area (Å²) in [7, 11) is 0. The zero-order valence-electron chi connectivity index (χ0n) is 17.2. The van der Waals surface area contributed by atoms with Gasteiger partial charge in [-0.25, -0.2) is 4.79 Å². The van der Waals surface area contributed by atoms with Crippen LogP contribution in [-0.4, -0.2) is 11.8 Å². The van der Waals surface area contributed by atoms with Crippen molar-refractivity contribution in [1.82, 2.24) is 0 Å². The summed E-state index contributed by atoms with van der Waals surface area (Å²) >= 11 is 0. The Balaban J connectivity index is 1.97. The molecule has 4 rings (SSSR count). The maximum Gasteiger partial charge on any atom is 0.343 e. The highest BCUT2D eigenvalue weighted by Crippen LogP contribution is 2.41. The summed E-state index contributed by atoms with van der Waals surface area (Å²) < 4.78 is 5.88. The molecular formula is C27H22O3. The molecule has 0 spiro atoms. The molecule has 0 unspecified atom stereocenters. The lowest BCUT2D eigenvalue weighted by molar-refractivity contribution is 0.0735. The first kappa shape index (κ1) is 19.6. The zero-order chi connectivity index (χ0) is 21.3. The number of aryl methyl sites for hydroxylation is 2. The number of hydrogen-bond acceptors (Lipinski definition) is 3. The molecule has 0 radical (unpaired) electrons. The van der Waals surface area contributed by atoms with E-state index in [1.807, 2.05) is 68.4 Å². The second kappa shape index (κ2) is 7.96. The number of carbonyl (C=O) groups is 2. The third kappa shape index (κ3) is 3.62. The summed E-state index contributed by atoms with van der Waals surface area (Å²) in [6, 6.07) is 24.6. The van der Waals surface area contributed by atoms with E-state index in [2.05, 4.69) is 0 Å². The number of rotatable bonds is 4. The van der Waals surface area contributed by atoms with Crippen LogP contribution in [0.4, 0.5) is 0 Å². The van der Waals surface area contributed by atoms with Gasteiger partial charge in [0, 0.05) is 16.7 Å². The average molecular weight is 394 g/mol. The fourth-order valence-electron chi connectivity index (χ4n) is 3.90. The second-order valence-electron chi connectivity index (χ2n) is 7.48. The number of fused-ring (bicyclic) bond motifs is 1. The molecule has 0 N–H and O–H groups in total. The van der Waals surface area contributed by atoms with Crippen molar-refractivity contribution >= 4 is 22.5 Å². The highest BCUT2D eigenvalue weighted by Gasteiger charge is 2.21. The van der Waals surface area contributed by atoms with Crippen LogP contribution < -0.4 is 4.74 Å². The van der Waals surface area contributed by atoms with Gasteiger partial charge in [0.2, 0.25) is 0 Å². The first-order valence-electron chi connectivity index (χ1n) is 9.87. The molecule has 0 saturated carbocycles. The molecule has 30 heavy (non-hydrogen) atoms. The van der Waals surface area contributed by atoms with Crippen LogP contribution >= 0.6 is 0 Å². The van der Waals surface area contributed by atoms with E-state index < -0.39 is 5.97 Å². The molecule has 0 aliphatic rings. The van der Waals surface area contributed by atoms with Gasteiger partial charge in [-0.15, -0.1) is 0 Å². The molecule has 4 aromatic rings. The fourth-order valence-corrected chi connectivity index (χ4v) is 3.90. The molecular weight excluding hydrogens is 372 g/mol. The molecule has 148 valence electrons. The molecule has 0 atom stereocenters. The van der Waals surface area contributed by atoms with Crippen molar-refractivity contribution < 1.29 is 14.3 Å². The van der Waals surface area contributed by atoms with Gasteiger partial charge in [0.1, 0.15) is 5.75 Å². The van der Waals surface area contributed by atoms with E-state index in [-0.39, 0.29) is 5.78 Å². The molecule has 0 fully saturated rings. The highest BCUT2D eigenvalue weighted by molar-refractivity contribution is 6.11. The molecule has 0 amide bonds. The normalized spacial score (nSPS) is 10.8. The van der Waals surface area contributed by atoms with Crippen LogP contribution in [0.1, 0.15) is 38.8 Å². The molecule has 0 aliphatic carbocycles. The van der Waals surface area contributed by atoms with Gasteiger partial charge < -0.3 is 4.74 Å². The van der Waals surface area contributed by atoms with Crippen molar-refractivity contribution in [2.45, 2.75) is 20.8 Å². The van der Waals surface area contributed by atoms with Crippen LogP contribution in [0.15, 0.2) is 78.9 Å². The van der Waals surface area contributed by atoms with E-state index in [1.165, 1.54) is 0 Å². The SMILES string of the molecule is CC(=O)c1ccc2ccccc2c1-c1c(C)cc(C)cc1OC(=O)c1ccccc1. The van der Waals surface area contributed by atoms with Gasteiger partial charge in [-0.1, -0.05) is 60.7 Å². The maximum atomic E-state index is 12.8. The Morgan fingerprint density at radius 3 is 2.20 bits per heavy atom. The topological polar surface area (TPSA) is 43.4 Å². The summed E-state index contributed by atoms with van der Waals surface area (Å²) in [5.74, 6) is 0.00253. The second-order valence-corrected chi connectivity index (χ2v) is 7.48. The first-order chi connectivity index (χ1) is 14.5. The number of ketones is 1. The van der Waals surface area contributed by atoms with Crippen molar-refractivity contribution in [3.05, 3.63) is 101 Å². The Hall–Kier alpha value is -3.72. The Morgan fingerprint density at radius 1 is 0.767 bits per heavy atom. The molecule has 0 saturated heterocycles. The molecule has 3 nitrogen and oxygen atoms in total. The monoisotopic (exact) mass is 394 g/mol. The van der Waals surface area contributed by atoms with Crippen molar-refractivity contribution in [2.75, 3.05) is 0 Å². The van der Waals surface area contributed by atoms with Crippen LogP contribution in [0.3, 0.4) is 0 Å². The van der Waals surface area contributed by atoms with Crippen LogP contribution in [0.5, 0.6) is 5.75 Å². The number of ether oxygens (including phenoxy) is 1. The summed E-state index contributed by atoms with van der Waals surface area (Å²) in [6.07, 6.45) is 0.